The first-order chi connectivity index (χ1) is 16.2. The molecule has 0 saturated carbocycles. The second-order valence-corrected chi connectivity index (χ2v) is 8.31. The van der Waals surface area contributed by atoms with Crippen molar-refractivity contribution in [3.8, 4) is 5.75 Å². The van der Waals surface area contributed by atoms with Gasteiger partial charge in [0.2, 0.25) is 5.91 Å². The topological polar surface area (TPSA) is 192 Å². The van der Waals surface area contributed by atoms with E-state index in [1.54, 1.807) is 17.5 Å². The maximum atomic E-state index is 12.6. The van der Waals surface area contributed by atoms with Gasteiger partial charge in [-0.05, 0) is 35.7 Å². The minimum atomic E-state index is -1.18. The highest BCUT2D eigenvalue weighted by molar-refractivity contribution is 7.10. The number of aliphatic carboxylic acids is 2. The molecule has 0 aliphatic carbocycles. The van der Waals surface area contributed by atoms with Crippen molar-refractivity contribution >= 4 is 40.8 Å². The Morgan fingerprint density at radius 1 is 1.21 bits per heavy atom. The molecule has 2 amide bonds. The van der Waals surface area contributed by atoms with Gasteiger partial charge in [0, 0.05) is 16.9 Å². The van der Waals surface area contributed by atoms with E-state index in [9.17, 15) is 29.5 Å². The number of carboxylic acid groups (broad SMARTS) is 2. The molecule has 1 aromatic carbocycles. The molecule has 0 spiro atoms. The summed E-state index contributed by atoms with van der Waals surface area (Å²) in [7, 11) is 0. The fraction of sp³-hybridized carbons (Fsp3) is 0.286. The molecule has 6 N–H and O–H groups in total. The molecule has 0 radical (unpaired) electrons. The second kappa shape index (κ2) is 10.8. The third-order valence-electron chi connectivity index (χ3n) is 5.08. The first kappa shape index (κ1) is 24.7. The molecular weight excluding hydrogens is 468 g/mol. The number of thiophene rings is 1. The Labute approximate surface area is 197 Å². The quantitative estimate of drug-likeness (QED) is 0.127. The van der Waals surface area contributed by atoms with E-state index in [1.165, 1.54) is 35.6 Å². The number of β-lactam (4-membered cyclic amide) rings is 1. The zero-order valence-corrected chi connectivity index (χ0v) is 18.5. The number of nitrogens with zero attached hydrogens (tertiary/aromatic N) is 2. The zero-order valence-electron chi connectivity index (χ0n) is 17.7. The number of oxime groups is 1. The number of amides is 2. The standard InChI is InChI=1S/C21H22N4O8S/c22-13(20(28)29)7-8-33-12-5-3-11(4-6-12)16(24-32)18(26)23-14-10-25(19(14)27)17(21(30)31)15-2-1-9-34-15/h1-6,9,13-14,17,32H,7-8,10,22H2,(H,23,26)(H,28,29)(H,30,31)/b24-16-. The smallest absolute Gasteiger partial charge is 0.331 e. The van der Waals surface area contributed by atoms with Crippen LogP contribution < -0.4 is 15.8 Å². The number of carbonyl (C=O) groups is 4. The van der Waals surface area contributed by atoms with Crippen molar-refractivity contribution in [3.05, 3.63) is 52.2 Å². The predicted molar refractivity (Wildman–Crippen MR) is 119 cm³/mol. The fourth-order valence-electron chi connectivity index (χ4n) is 3.25. The van der Waals surface area contributed by atoms with Gasteiger partial charge in [-0.15, -0.1) is 11.3 Å². The summed E-state index contributed by atoms with van der Waals surface area (Å²) < 4.78 is 5.40. The Morgan fingerprint density at radius 3 is 2.44 bits per heavy atom. The molecule has 2 heterocycles. The van der Waals surface area contributed by atoms with E-state index in [0.29, 0.717) is 10.6 Å². The third kappa shape index (κ3) is 5.50. The molecule has 13 heteroatoms. The summed E-state index contributed by atoms with van der Waals surface area (Å²) >= 11 is 1.21. The van der Waals surface area contributed by atoms with E-state index >= 15 is 0 Å². The van der Waals surface area contributed by atoms with Gasteiger partial charge in [-0.1, -0.05) is 11.2 Å². The molecule has 34 heavy (non-hydrogen) atoms. The molecule has 3 unspecified atom stereocenters. The average molecular weight is 490 g/mol. The van der Waals surface area contributed by atoms with Gasteiger partial charge in [0.1, 0.15) is 17.8 Å². The van der Waals surface area contributed by atoms with Crippen LogP contribution in [0.15, 0.2) is 46.9 Å². The monoisotopic (exact) mass is 490 g/mol. The van der Waals surface area contributed by atoms with Gasteiger partial charge in [-0.25, -0.2) is 4.79 Å². The van der Waals surface area contributed by atoms with E-state index in [2.05, 4.69) is 10.5 Å². The van der Waals surface area contributed by atoms with Crippen LogP contribution >= 0.6 is 11.3 Å². The van der Waals surface area contributed by atoms with Gasteiger partial charge in [0.05, 0.1) is 13.2 Å². The SMILES string of the molecule is NC(CCOc1ccc(/C(=N/O)C(=O)NC2CN(C(C(=O)O)c3cccs3)C2=O)cc1)C(=O)O. The van der Waals surface area contributed by atoms with Crippen molar-refractivity contribution in [3.63, 3.8) is 0 Å². The summed E-state index contributed by atoms with van der Waals surface area (Å²) in [6.45, 7) is 0.0563. The second-order valence-electron chi connectivity index (χ2n) is 7.33. The fourth-order valence-corrected chi connectivity index (χ4v) is 4.07. The van der Waals surface area contributed by atoms with Crippen LogP contribution in [0.25, 0.3) is 0 Å². The van der Waals surface area contributed by atoms with Crippen LogP contribution in [0.5, 0.6) is 5.75 Å². The van der Waals surface area contributed by atoms with E-state index in [-0.39, 0.29) is 30.8 Å². The minimum absolute atomic E-state index is 0.0105. The lowest BCUT2D eigenvalue weighted by molar-refractivity contribution is -0.159. The van der Waals surface area contributed by atoms with E-state index in [1.807, 2.05) is 0 Å². The molecule has 3 rings (SSSR count). The highest BCUT2D eigenvalue weighted by Crippen LogP contribution is 2.30. The highest BCUT2D eigenvalue weighted by atomic mass is 32.1. The summed E-state index contributed by atoms with van der Waals surface area (Å²) in [5.74, 6) is -3.30. The number of ether oxygens (including phenoxy) is 1. The van der Waals surface area contributed by atoms with E-state index in [0.717, 1.165) is 4.90 Å². The Hall–Kier alpha value is -3.97. The third-order valence-corrected chi connectivity index (χ3v) is 6.01. The molecule has 2 aromatic rings. The number of rotatable bonds is 11. The number of nitrogens with one attached hydrogen (secondary N) is 1. The Morgan fingerprint density at radius 2 is 1.91 bits per heavy atom. The van der Waals surface area contributed by atoms with Gasteiger partial charge >= 0.3 is 11.9 Å². The summed E-state index contributed by atoms with van der Waals surface area (Å²) in [5.41, 5.74) is 5.29. The number of benzene rings is 1. The van der Waals surface area contributed by atoms with Crippen molar-refractivity contribution in [2.75, 3.05) is 13.2 Å². The molecule has 0 bridgehead atoms. The van der Waals surface area contributed by atoms with Crippen LogP contribution in [0.4, 0.5) is 0 Å². The maximum Gasteiger partial charge on any atom is 0.331 e. The average Bonchev–Trinajstić information content (AvgIpc) is 3.33. The number of carboxylic acids is 2. The lowest BCUT2D eigenvalue weighted by Crippen LogP contribution is -2.65. The van der Waals surface area contributed by atoms with Gasteiger partial charge in [-0.2, -0.15) is 0 Å². The number of hydrogen-bond acceptors (Lipinski definition) is 9. The summed E-state index contributed by atoms with van der Waals surface area (Å²) in [5, 5.41) is 34.8. The van der Waals surface area contributed by atoms with Gasteiger partial charge in [0.25, 0.3) is 5.91 Å². The number of likely N-dealkylation sites (tertiary alicyclic amines) is 1. The Bertz CT molecular complexity index is 1090. The minimum Gasteiger partial charge on any atom is -0.494 e. The van der Waals surface area contributed by atoms with Crippen LogP contribution in [0.1, 0.15) is 22.9 Å². The molecular formula is C21H22N4O8S. The van der Waals surface area contributed by atoms with Gasteiger partial charge in [0.15, 0.2) is 11.8 Å². The maximum absolute atomic E-state index is 12.6. The zero-order chi connectivity index (χ0) is 24.8. The normalized spacial score (nSPS) is 17.4. The van der Waals surface area contributed by atoms with E-state index in [4.69, 9.17) is 15.6 Å². The molecule has 1 saturated heterocycles. The van der Waals surface area contributed by atoms with Crippen molar-refractivity contribution in [2.45, 2.75) is 24.5 Å². The highest BCUT2D eigenvalue weighted by Gasteiger charge is 2.45. The lowest BCUT2D eigenvalue weighted by Gasteiger charge is -2.41. The van der Waals surface area contributed by atoms with Crippen molar-refractivity contribution < 1.29 is 39.3 Å². The predicted octanol–water partition coefficient (Wildman–Crippen LogP) is 0.260. The molecule has 1 aliphatic heterocycles. The lowest BCUT2D eigenvalue weighted by atomic mass is 10.0. The van der Waals surface area contributed by atoms with Gasteiger partial charge in [-0.3, -0.25) is 14.4 Å². The summed E-state index contributed by atoms with van der Waals surface area (Å²) in [6.07, 6.45) is 0.102. The van der Waals surface area contributed by atoms with Gasteiger partial charge < -0.3 is 36.1 Å². The molecule has 180 valence electrons. The number of nitrogens with two attached hydrogens (primary N) is 1. The first-order valence-electron chi connectivity index (χ1n) is 10.0. The largest absolute Gasteiger partial charge is 0.494 e. The van der Waals surface area contributed by atoms with Crippen molar-refractivity contribution in [2.24, 2.45) is 10.9 Å². The Kier molecular flexibility index (Phi) is 7.81. The Balaban J connectivity index is 1.57. The van der Waals surface area contributed by atoms with Crippen molar-refractivity contribution in [1.82, 2.24) is 10.2 Å². The molecule has 1 aliphatic rings. The first-order valence-corrected chi connectivity index (χ1v) is 10.9. The molecule has 1 fully saturated rings. The summed E-state index contributed by atoms with van der Waals surface area (Å²) in [4.78, 5) is 49.1. The van der Waals surface area contributed by atoms with Crippen LogP contribution in [-0.2, 0) is 19.2 Å². The number of hydrogen-bond donors (Lipinski definition) is 5. The molecule has 3 atom stereocenters. The molecule has 1 aromatic heterocycles. The van der Waals surface area contributed by atoms with Crippen molar-refractivity contribution in [1.29, 1.82) is 0 Å². The van der Waals surface area contributed by atoms with Crippen LogP contribution in [0.2, 0.25) is 0 Å². The summed E-state index contributed by atoms with van der Waals surface area (Å²) in [6, 6.07) is 6.07. The number of carbonyl (C=O) groups excluding carboxylic acids is 2. The van der Waals surface area contributed by atoms with Crippen LogP contribution in [-0.4, -0.2) is 75.0 Å². The van der Waals surface area contributed by atoms with Crippen LogP contribution in [0.3, 0.4) is 0 Å². The van der Waals surface area contributed by atoms with E-state index < -0.39 is 41.9 Å². The molecule has 12 nitrogen and oxygen atoms in total. The van der Waals surface area contributed by atoms with Crippen LogP contribution in [0, 0.1) is 0 Å².